The number of likely N-dealkylation sites (tertiary alicyclic amines) is 2. The van der Waals surface area contributed by atoms with Crippen LogP contribution >= 0.6 is 0 Å². The van der Waals surface area contributed by atoms with Crippen molar-refractivity contribution in [2.24, 2.45) is 59.2 Å². The van der Waals surface area contributed by atoms with Crippen LogP contribution in [0.4, 0.5) is 0 Å². The van der Waals surface area contributed by atoms with Gasteiger partial charge in [-0.25, -0.2) is 4.90 Å². The fraction of sp³-hybridized carbons (Fsp3) is 0.692. The molecule has 0 spiro atoms. The Morgan fingerprint density at radius 2 is 1.26 bits per heavy atom. The smallest absolute Gasteiger partial charge is 0.238 e. The number of aliphatic hydroxyl groups is 2. The second-order valence-corrected chi connectivity index (χ2v) is 11.6. The Balaban J connectivity index is 1.24. The van der Waals surface area contributed by atoms with Crippen molar-refractivity contribution in [2.75, 3.05) is 0 Å². The molecule has 8 heteroatoms. The van der Waals surface area contributed by atoms with E-state index in [4.69, 9.17) is 0 Å². The highest BCUT2D eigenvalue weighted by molar-refractivity contribution is 6.09. The number of fused-ring (bicyclic) bond motifs is 5. The van der Waals surface area contributed by atoms with Gasteiger partial charge in [0.05, 0.1) is 29.7 Å². The van der Waals surface area contributed by atoms with E-state index in [0.717, 1.165) is 0 Å². The van der Waals surface area contributed by atoms with Crippen LogP contribution in [-0.2, 0) is 19.2 Å². The molecule has 4 aliphatic carbocycles. The average Bonchev–Trinajstić information content (AvgIpc) is 3.15. The van der Waals surface area contributed by atoms with E-state index in [1.165, 1.54) is 9.80 Å². The summed E-state index contributed by atoms with van der Waals surface area (Å²) in [4.78, 5) is 54.0. The molecule has 4 amide bonds. The Bertz CT molecular complexity index is 1030. The molecule has 0 bridgehead atoms. The van der Waals surface area contributed by atoms with Gasteiger partial charge in [0, 0.05) is 11.8 Å². The van der Waals surface area contributed by atoms with Crippen LogP contribution in [0.3, 0.4) is 0 Å². The van der Waals surface area contributed by atoms with Gasteiger partial charge in [0.15, 0.2) is 0 Å². The first-order valence-corrected chi connectivity index (χ1v) is 12.6. The van der Waals surface area contributed by atoms with Crippen LogP contribution in [0.15, 0.2) is 23.6 Å². The zero-order chi connectivity index (χ0) is 24.4. The molecule has 0 aromatic heterocycles. The van der Waals surface area contributed by atoms with Gasteiger partial charge in [-0.05, 0) is 54.4 Å². The molecular weight excluding hydrogens is 436 g/mol. The van der Waals surface area contributed by atoms with Gasteiger partial charge < -0.3 is 10.2 Å². The Hall–Kier alpha value is -2.48. The second kappa shape index (κ2) is 7.03. The number of hydrogen-bond acceptors (Lipinski definition) is 6. The van der Waals surface area contributed by atoms with Crippen LogP contribution < -0.4 is 0 Å². The molecule has 34 heavy (non-hydrogen) atoms. The van der Waals surface area contributed by atoms with Crippen molar-refractivity contribution >= 4 is 23.6 Å². The normalized spacial score (nSPS) is 49.7. The van der Waals surface area contributed by atoms with Crippen molar-refractivity contribution in [3.8, 4) is 0 Å². The van der Waals surface area contributed by atoms with Gasteiger partial charge >= 0.3 is 0 Å². The van der Waals surface area contributed by atoms with Gasteiger partial charge in [0.1, 0.15) is 5.76 Å². The number of rotatable bonds is 2. The highest BCUT2D eigenvalue weighted by Gasteiger charge is 2.63. The van der Waals surface area contributed by atoms with Crippen LogP contribution in [0.25, 0.3) is 0 Å². The maximum absolute atomic E-state index is 13.0. The van der Waals surface area contributed by atoms with E-state index in [0.29, 0.717) is 12.8 Å². The highest BCUT2D eigenvalue weighted by atomic mass is 16.3. The number of carbonyl (C=O) groups excluding carboxylic acids is 4. The molecule has 6 aliphatic rings. The fourth-order valence-electron chi connectivity index (χ4n) is 7.87. The van der Waals surface area contributed by atoms with Gasteiger partial charge in [-0.15, -0.1) is 0 Å². The van der Waals surface area contributed by atoms with Gasteiger partial charge in [-0.3, -0.25) is 24.1 Å². The van der Waals surface area contributed by atoms with Crippen molar-refractivity contribution < 1.29 is 29.4 Å². The molecule has 6 rings (SSSR count). The fourth-order valence-corrected chi connectivity index (χ4v) is 7.87. The zero-order valence-electron chi connectivity index (χ0n) is 19.9. The summed E-state index contributed by atoms with van der Waals surface area (Å²) >= 11 is 0. The Morgan fingerprint density at radius 3 is 1.82 bits per heavy atom. The number of hydrogen-bond donors (Lipinski definition) is 2. The third-order valence-corrected chi connectivity index (χ3v) is 10.4. The second-order valence-electron chi connectivity index (χ2n) is 11.6. The molecule has 2 N–H and O–H groups in total. The predicted molar refractivity (Wildman–Crippen MR) is 119 cm³/mol. The number of allylic oxidation sites excluding steroid dienone is 2. The number of amides is 4. The first kappa shape index (κ1) is 22.0. The number of imide groups is 2. The third kappa shape index (κ3) is 2.52. The molecule has 0 radical (unpaired) electrons. The van der Waals surface area contributed by atoms with E-state index < -0.39 is 12.1 Å². The minimum atomic E-state index is -0.809. The van der Waals surface area contributed by atoms with Gasteiger partial charge in [0.2, 0.25) is 23.6 Å². The molecular formula is C26H32N2O6. The summed E-state index contributed by atoms with van der Waals surface area (Å²) in [7, 11) is 0. The van der Waals surface area contributed by atoms with Gasteiger partial charge in [0.25, 0.3) is 0 Å². The van der Waals surface area contributed by atoms with Gasteiger partial charge in [-0.2, -0.15) is 0 Å². The molecule has 2 saturated heterocycles. The minimum Gasteiger partial charge on any atom is -0.506 e. The Labute approximate surface area is 198 Å². The van der Waals surface area contributed by atoms with Crippen LogP contribution in [0, 0.1) is 59.2 Å². The number of nitrogens with zero attached hydrogens (tertiary/aromatic N) is 2. The molecule has 5 fully saturated rings. The summed E-state index contributed by atoms with van der Waals surface area (Å²) < 4.78 is 0. The summed E-state index contributed by atoms with van der Waals surface area (Å²) in [6, 6.07) is -0.546. The maximum atomic E-state index is 13.0. The molecule has 8 nitrogen and oxygen atoms in total. The van der Waals surface area contributed by atoms with Crippen molar-refractivity contribution in [1.29, 1.82) is 0 Å². The molecule has 0 aromatic carbocycles. The monoisotopic (exact) mass is 468 g/mol. The predicted octanol–water partition coefficient (Wildman–Crippen LogP) is 1.86. The topological polar surface area (TPSA) is 115 Å². The van der Waals surface area contributed by atoms with Crippen molar-refractivity contribution in [3.05, 3.63) is 23.6 Å². The Kier molecular flexibility index (Phi) is 4.55. The largest absolute Gasteiger partial charge is 0.506 e. The minimum absolute atomic E-state index is 0.00280. The molecule has 182 valence electrons. The van der Waals surface area contributed by atoms with Crippen molar-refractivity contribution in [1.82, 2.24) is 9.80 Å². The van der Waals surface area contributed by atoms with E-state index >= 15 is 0 Å². The quantitative estimate of drug-likeness (QED) is 0.598. The molecule has 10 unspecified atom stereocenters. The molecule has 2 aliphatic heterocycles. The highest BCUT2D eigenvalue weighted by Crippen LogP contribution is 2.59. The van der Waals surface area contributed by atoms with Crippen LogP contribution in [0.2, 0.25) is 0 Å². The molecule has 2 heterocycles. The van der Waals surface area contributed by atoms with Gasteiger partial charge in [-0.1, -0.05) is 33.8 Å². The number of carbonyl (C=O) groups is 4. The summed E-state index contributed by atoms with van der Waals surface area (Å²) in [5.74, 6) is -1.79. The van der Waals surface area contributed by atoms with E-state index in [9.17, 15) is 29.4 Å². The maximum Gasteiger partial charge on any atom is 0.238 e. The van der Waals surface area contributed by atoms with Crippen LogP contribution in [0.5, 0.6) is 0 Å². The summed E-state index contributed by atoms with van der Waals surface area (Å²) in [5, 5.41) is 21.8. The molecule has 0 aromatic rings. The summed E-state index contributed by atoms with van der Waals surface area (Å²) in [5.41, 5.74) is 0.285. The van der Waals surface area contributed by atoms with E-state index in [-0.39, 0.29) is 94.3 Å². The standard InChI is InChI=1S/C26H32N2O6/c1-9-10(2)22-21(9)25(33)28(26(22)34)18-6-14-15-7-19(29)17(5-13(15)16(14)8-20(18)30)27-23(31)11(3)12(4)24(27)32/h6,8-17,19,21-22,29-30H,5,7H2,1-4H3/t9?,10?,11?,12?,13-,14?,15?,16-,17?,19?,21?,22?/m0/s1. The van der Waals surface area contributed by atoms with Crippen LogP contribution in [-0.4, -0.2) is 55.8 Å². The van der Waals surface area contributed by atoms with E-state index in [2.05, 4.69) is 0 Å². The zero-order valence-corrected chi connectivity index (χ0v) is 19.9. The average molecular weight is 469 g/mol. The van der Waals surface area contributed by atoms with Crippen molar-refractivity contribution in [3.63, 3.8) is 0 Å². The first-order valence-electron chi connectivity index (χ1n) is 12.6. The molecule has 3 saturated carbocycles. The Morgan fingerprint density at radius 1 is 0.765 bits per heavy atom. The SMILES string of the molecule is CC1C(=O)N(C2C[C@H]3C(CC2O)C2C=C(N4C(=O)C5C(C)C(C)C5C4=O)C(O)=C[C@H]23)C(=O)C1C. The van der Waals surface area contributed by atoms with E-state index in [1.54, 1.807) is 19.9 Å². The van der Waals surface area contributed by atoms with Crippen LogP contribution in [0.1, 0.15) is 40.5 Å². The number of aliphatic hydroxyl groups excluding tert-OH is 2. The summed E-state index contributed by atoms with van der Waals surface area (Å²) in [6.07, 6.45) is 3.72. The lowest BCUT2D eigenvalue weighted by Gasteiger charge is -2.57. The molecule has 12 atom stereocenters. The lowest BCUT2D eigenvalue weighted by atomic mass is 9.49. The first-order chi connectivity index (χ1) is 16.0. The lowest BCUT2D eigenvalue weighted by Crippen LogP contribution is -2.59. The van der Waals surface area contributed by atoms with E-state index in [1.807, 2.05) is 19.9 Å². The van der Waals surface area contributed by atoms with Crippen molar-refractivity contribution in [2.45, 2.75) is 52.7 Å². The summed E-state index contributed by atoms with van der Waals surface area (Å²) in [6.45, 7) is 7.50. The third-order valence-electron chi connectivity index (χ3n) is 10.4. The lowest BCUT2D eigenvalue weighted by molar-refractivity contribution is -0.153.